The van der Waals surface area contributed by atoms with E-state index in [0.29, 0.717) is 17.0 Å². The summed E-state index contributed by atoms with van der Waals surface area (Å²) >= 11 is 0. The van der Waals surface area contributed by atoms with Crippen LogP contribution in [0.3, 0.4) is 0 Å². The number of anilines is 1. The molecule has 2 amide bonds. The van der Waals surface area contributed by atoms with Crippen molar-refractivity contribution >= 4 is 17.5 Å². The van der Waals surface area contributed by atoms with Crippen molar-refractivity contribution in [1.29, 1.82) is 0 Å². The lowest BCUT2D eigenvalue weighted by atomic mass is 10.0. The number of carbonyl (C=O) groups excluding carboxylic acids is 2. The fourth-order valence-electron chi connectivity index (χ4n) is 3.12. The minimum absolute atomic E-state index is 0.0112. The summed E-state index contributed by atoms with van der Waals surface area (Å²) in [7, 11) is 1.53. The maximum atomic E-state index is 12.2. The highest BCUT2D eigenvalue weighted by Gasteiger charge is 2.48. The van der Waals surface area contributed by atoms with Crippen LogP contribution >= 0.6 is 0 Å². The number of carbonyl (C=O) groups is 2. The Bertz CT molecular complexity index is 560. The van der Waals surface area contributed by atoms with Crippen molar-refractivity contribution in [1.82, 2.24) is 0 Å². The zero-order valence-electron chi connectivity index (χ0n) is 11.4. The standard InChI is InChI=1S/C15H18N2O3/c1-20-13-3-2-8(14(16)18)7-12(13)17-15(19)11-5-9-4-10(9)6-11/h2-3,7,9-11H,4-6H2,1H3,(H2,16,18)(H,17,19). The Morgan fingerprint density at radius 2 is 1.95 bits per heavy atom. The van der Waals surface area contributed by atoms with Crippen molar-refractivity contribution < 1.29 is 14.3 Å². The highest BCUT2D eigenvalue weighted by molar-refractivity contribution is 5.98. The highest BCUT2D eigenvalue weighted by atomic mass is 16.5. The SMILES string of the molecule is COc1ccc(C(N)=O)cc1NC(=O)C1CC2CC2C1. The van der Waals surface area contributed by atoms with Gasteiger partial charge in [0.25, 0.3) is 0 Å². The monoisotopic (exact) mass is 274 g/mol. The first-order valence-electron chi connectivity index (χ1n) is 6.87. The lowest BCUT2D eigenvalue weighted by Crippen LogP contribution is -2.22. The van der Waals surface area contributed by atoms with Crippen LogP contribution in [0, 0.1) is 17.8 Å². The first-order valence-corrected chi connectivity index (χ1v) is 6.87. The van der Waals surface area contributed by atoms with Crippen molar-refractivity contribution in [3.63, 3.8) is 0 Å². The fraction of sp³-hybridized carbons (Fsp3) is 0.467. The second kappa shape index (κ2) is 4.81. The molecule has 5 nitrogen and oxygen atoms in total. The molecule has 2 atom stereocenters. The summed E-state index contributed by atoms with van der Waals surface area (Å²) in [6.07, 6.45) is 3.24. The zero-order valence-corrected chi connectivity index (χ0v) is 11.4. The van der Waals surface area contributed by atoms with E-state index in [2.05, 4.69) is 5.32 Å². The fourth-order valence-corrected chi connectivity index (χ4v) is 3.12. The molecule has 0 saturated heterocycles. The first kappa shape index (κ1) is 13.0. The van der Waals surface area contributed by atoms with E-state index in [1.807, 2.05) is 0 Å². The van der Waals surface area contributed by atoms with Gasteiger partial charge in [0.2, 0.25) is 11.8 Å². The number of nitrogens with one attached hydrogen (secondary N) is 1. The predicted molar refractivity (Wildman–Crippen MR) is 74.5 cm³/mol. The molecular formula is C15H18N2O3. The molecule has 106 valence electrons. The molecule has 2 unspecified atom stereocenters. The van der Waals surface area contributed by atoms with E-state index in [0.717, 1.165) is 24.7 Å². The number of hydrogen-bond donors (Lipinski definition) is 2. The second-order valence-electron chi connectivity index (χ2n) is 5.69. The minimum atomic E-state index is -0.523. The van der Waals surface area contributed by atoms with Crippen molar-refractivity contribution in [3.8, 4) is 5.75 Å². The molecule has 0 radical (unpaired) electrons. The molecule has 0 aliphatic heterocycles. The van der Waals surface area contributed by atoms with Gasteiger partial charge in [0.1, 0.15) is 5.75 Å². The number of methoxy groups -OCH3 is 1. The van der Waals surface area contributed by atoms with Crippen LogP contribution in [0.1, 0.15) is 29.6 Å². The third kappa shape index (κ3) is 2.35. The maximum absolute atomic E-state index is 12.2. The first-order chi connectivity index (χ1) is 9.58. The van der Waals surface area contributed by atoms with E-state index in [1.165, 1.54) is 13.5 Å². The summed E-state index contributed by atoms with van der Waals surface area (Å²) < 4.78 is 5.21. The molecule has 2 aliphatic rings. The molecular weight excluding hydrogens is 256 g/mol. The Morgan fingerprint density at radius 1 is 1.25 bits per heavy atom. The van der Waals surface area contributed by atoms with Crippen LogP contribution in [-0.4, -0.2) is 18.9 Å². The van der Waals surface area contributed by atoms with Gasteiger partial charge in [0, 0.05) is 11.5 Å². The average molecular weight is 274 g/mol. The van der Waals surface area contributed by atoms with Gasteiger partial charge in [-0.15, -0.1) is 0 Å². The molecule has 3 N–H and O–H groups in total. The second-order valence-corrected chi connectivity index (χ2v) is 5.69. The van der Waals surface area contributed by atoms with Crippen LogP contribution in [0.5, 0.6) is 5.75 Å². The van der Waals surface area contributed by atoms with E-state index >= 15 is 0 Å². The van der Waals surface area contributed by atoms with Crippen molar-refractivity contribution in [3.05, 3.63) is 23.8 Å². The Balaban J connectivity index is 1.76. The third-order valence-electron chi connectivity index (χ3n) is 4.36. The van der Waals surface area contributed by atoms with E-state index in [1.54, 1.807) is 18.2 Å². The normalized spacial score (nSPS) is 26.8. The van der Waals surface area contributed by atoms with Crippen molar-refractivity contribution in [2.75, 3.05) is 12.4 Å². The number of benzene rings is 1. The van der Waals surface area contributed by atoms with Gasteiger partial charge < -0.3 is 15.8 Å². The topological polar surface area (TPSA) is 81.4 Å². The molecule has 1 aromatic carbocycles. The molecule has 0 spiro atoms. The molecule has 2 saturated carbocycles. The number of rotatable bonds is 4. The number of amides is 2. The van der Waals surface area contributed by atoms with Crippen LogP contribution in [0.4, 0.5) is 5.69 Å². The van der Waals surface area contributed by atoms with Gasteiger partial charge in [-0.1, -0.05) is 0 Å². The number of fused-ring (bicyclic) bond motifs is 1. The molecule has 2 aliphatic carbocycles. The number of primary amides is 1. The smallest absolute Gasteiger partial charge is 0.248 e. The summed E-state index contributed by atoms with van der Waals surface area (Å²) in [5.74, 6) is 1.61. The molecule has 1 aromatic rings. The van der Waals surface area contributed by atoms with Gasteiger partial charge in [-0.25, -0.2) is 0 Å². The Labute approximate surface area is 117 Å². The minimum Gasteiger partial charge on any atom is -0.495 e. The summed E-state index contributed by atoms with van der Waals surface area (Å²) in [4.78, 5) is 23.5. The van der Waals surface area contributed by atoms with Gasteiger partial charge in [-0.3, -0.25) is 9.59 Å². The van der Waals surface area contributed by atoms with Crippen LogP contribution in [0.2, 0.25) is 0 Å². The van der Waals surface area contributed by atoms with Crippen LogP contribution < -0.4 is 15.8 Å². The molecule has 2 fully saturated rings. The average Bonchev–Trinajstić information content (AvgIpc) is 3.04. The molecule has 0 bridgehead atoms. The van der Waals surface area contributed by atoms with Crippen LogP contribution in [-0.2, 0) is 4.79 Å². The Kier molecular flexibility index (Phi) is 3.12. The quantitative estimate of drug-likeness (QED) is 0.878. The third-order valence-corrected chi connectivity index (χ3v) is 4.36. The summed E-state index contributed by atoms with van der Waals surface area (Å²) in [6.45, 7) is 0. The molecule has 20 heavy (non-hydrogen) atoms. The largest absolute Gasteiger partial charge is 0.495 e. The maximum Gasteiger partial charge on any atom is 0.248 e. The highest BCUT2D eigenvalue weighted by Crippen LogP contribution is 2.54. The molecule has 0 heterocycles. The Hall–Kier alpha value is -2.04. The van der Waals surface area contributed by atoms with Crippen molar-refractivity contribution in [2.24, 2.45) is 23.5 Å². The van der Waals surface area contributed by atoms with Gasteiger partial charge in [0.15, 0.2) is 0 Å². The van der Waals surface area contributed by atoms with Crippen molar-refractivity contribution in [2.45, 2.75) is 19.3 Å². The van der Waals surface area contributed by atoms with E-state index in [4.69, 9.17) is 10.5 Å². The van der Waals surface area contributed by atoms with E-state index < -0.39 is 5.91 Å². The molecule has 3 rings (SSSR count). The summed E-state index contributed by atoms with van der Waals surface area (Å²) in [5.41, 5.74) is 6.12. The van der Waals surface area contributed by atoms with Crippen LogP contribution in [0.15, 0.2) is 18.2 Å². The van der Waals surface area contributed by atoms with Gasteiger partial charge in [-0.05, 0) is 49.3 Å². The number of ether oxygens (including phenoxy) is 1. The molecule has 5 heteroatoms. The summed E-state index contributed by atoms with van der Waals surface area (Å²) in [5, 5.41) is 2.87. The Morgan fingerprint density at radius 3 is 2.55 bits per heavy atom. The van der Waals surface area contributed by atoms with E-state index in [-0.39, 0.29) is 11.8 Å². The lowest BCUT2D eigenvalue weighted by Gasteiger charge is -2.15. The summed E-state index contributed by atoms with van der Waals surface area (Å²) in [6, 6.07) is 4.79. The number of hydrogen-bond acceptors (Lipinski definition) is 3. The van der Waals surface area contributed by atoms with Crippen LogP contribution in [0.25, 0.3) is 0 Å². The zero-order chi connectivity index (χ0) is 14.3. The lowest BCUT2D eigenvalue weighted by molar-refractivity contribution is -0.120. The van der Waals surface area contributed by atoms with E-state index in [9.17, 15) is 9.59 Å². The number of nitrogens with two attached hydrogens (primary N) is 1. The van der Waals surface area contributed by atoms with Gasteiger partial charge >= 0.3 is 0 Å². The van der Waals surface area contributed by atoms with Gasteiger partial charge in [-0.2, -0.15) is 0 Å². The van der Waals surface area contributed by atoms with Gasteiger partial charge in [0.05, 0.1) is 12.8 Å². The molecule has 0 aromatic heterocycles. The predicted octanol–water partition coefficient (Wildman–Crippen LogP) is 1.78.